The maximum atomic E-state index is 12.6. The standard InChI is InChI=1S/C12H12F3N3O/c1-18-10(4-5-17-18)11(19)8-6-7(12(13,14)15)2-3-9(8)16/h2-6,11,19H,16H2,1H3. The van der Waals surface area contributed by atoms with Crippen LogP contribution in [-0.2, 0) is 13.2 Å². The molecule has 1 heterocycles. The van der Waals surface area contributed by atoms with E-state index in [0.717, 1.165) is 18.2 Å². The lowest BCUT2D eigenvalue weighted by atomic mass is 10.0. The van der Waals surface area contributed by atoms with Gasteiger partial charge in [-0.3, -0.25) is 4.68 Å². The zero-order valence-electron chi connectivity index (χ0n) is 10.0. The fourth-order valence-corrected chi connectivity index (χ4v) is 1.80. The maximum Gasteiger partial charge on any atom is 0.416 e. The molecule has 102 valence electrons. The van der Waals surface area contributed by atoms with Gasteiger partial charge in [0, 0.05) is 24.5 Å². The van der Waals surface area contributed by atoms with Crippen molar-refractivity contribution in [2.75, 3.05) is 5.73 Å². The summed E-state index contributed by atoms with van der Waals surface area (Å²) in [5, 5.41) is 14.0. The summed E-state index contributed by atoms with van der Waals surface area (Å²) in [7, 11) is 1.59. The predicted octanol–water partition coefficient (Wildman–Crippen LogP) is 2.10. The summed E-state index contributed by atoms with van der Waals surface area (Å²) in [4.78, 5) is 0. The van der Waals surface area contributed by atoms with Gasteiger partial charge in [0.15, 0.2) is 0 Å². The van der Waals surface area contributed by atoms with Crippen LogP contribution in [0.15, 0.2) is 30.5 Å². The quantitative estimate of drug-likeness (QED) is 0.822. The number of rotatable bonds is 2. The number of aromatic nitrogens is 2. The van der Waals surface area contributed by atoms with Gasteiger partial charge in [-0.25, -0.2) is 0 Å². The minimum Gasteiger partial charge on any atom is -0.398 e. The van der Waals surface area contributed by atoms with Crippen molar-refractivity contribution in [1.82, 2.24) is 9.78 Å². The number of alkyl halides is 3. The molecule has 0 aliphatic heterocycles. The molecule has 0 amide bonds. The maximum absolute atomic E-state index is 12.6. The highest BCUT2D eigenvalue weighted by atomic mass is 19.4. The zero-order valence-corrected chi connectivity index (χ0v) is 10.0. The Labute approximate surface area is 107 Å². The Hall–Kier alpha value is -2.02. The molecular formula is C12H12F3N3O. The molecule has 0 aliphatic rings. The van der Waals surface area contributed by atoms with E-state index in [1.54, 1.807) is 7.05 Å². The number of aliphatic hydroxyl groups excluding tert-OH is 1. The van der Waals surface area contributed by atoms with E-state index >= 15 is 0 Å². The molecule has 7 heteroatoms. The second kappa shape index (κ2) is 4.58. The van der Waals surface area contributed by atoms with Crippen molar-refractivity contribution in [3.05, 3.63) is 47.3 Å². The van der Waals surface area contributed by atoms with Gasteiger partial charge in [-0.15, -0.1) is 0 Å². The molecule has 0 spiro atoms. The fourth-order valence-electron chi connectivity index (χ4n) is 1.80. The summed E-state index contributed by atoms with van der Waals surface area (Å²) in [5.74, 6) is 0. The molecule has 1 aromatic heterocycles. The molecule has 1 aromatic carbocycles. The Morgan fingerprint density at radius 1 is 1.32 bits per heavy atom. The Bertz CT molecular complexity index is 592. The normalized spacial score (nSPS) is 13.5. The molecule has 2 aromatic rings. The molecule has 0 bridgehead atoms. The molecule has 0 fully saturated rings. The molecule has 3 N–H and O–H groups in total. The Kier molecular flexibility index (Phi) is 3.23. The van der Waals surface area contributed by atoms with Crippen LogP contribution in [0.1, 0.15) is 22.9 Å². The number of benzene rings is 1. The number of halogens is 3. The summed E-state index contributed by atoms with van der Waals surface area (Å²) in [6, 6.07) is 4.39. The van der Waals surface area contributed by atoms with Crippen LogP contribution in [0.5, 0.6) is 0 Å². The summed E-state index contributed by atoms with van der Waals surface area (Å²) in [5.41, 5.74) is 5.26. The van der Waals surface area contributed by atoms with Crippen molar-refractivity contribution < 1.29 is 18.3 Å². The number of nitrogens with zero attached hydrogens (tertiary/aromatic N) is 2. The van der Waals surface area contributed by atoms with Crippen molar-refractivity contribution in [2.24, 2.45) is 7.05 Å². The van der Waals surface area contributed by atoms with Crippen LogP contribution in [0.2, 0.25) is 0 Å². The first-order valence-electron chi connectivity index (χ1n) is 5.43. The van der Waals surface area contributed by atoms with Crippen molar-refractivity contribution in [3.63, 3.8) is 0 Å². The third kappa shape index (κ3) is 2.55. The van der Waals surface area contributed by atoms with Gasteiger partial charge >= 0.3 is 6.18 Å². The van der Waals surface area contributed by atoms with Crippen molar-refractivity contribution in [2.45, 2.75) is 12.3 Å². The molecule has 0 saturated heterocycles. The van der Waals surface area contributed by atoms with E-state index in [1.165, 1.54) is 16.9 Å². The molecule has 19 heavy (non-hydrogen) atoms. The molecule has 0 saturated carbocycles. The number of nitrogens with two attached hydrogens (primary N) is 1. The minimum absolute atomic E-state index is 0.0124. The molecule has 1 unspecified atom stereocenters. The van der Waals surface area contributed by atoms with Crippen LogP contribution in [0, 0.1) is 0 Å². The Balaban J connectivity index is 2.47. The molecule has 0 radical (unpaired) electrons. The van der Waals surface area contributed by atoms with E-state index in [0.29, 0.717) is 5.69 Å². The molecular weight excluding hydrogens is 259 g/mol. The predicted molar refractivity (Wildman–Crippen MR) is 63.1 cm³/mol. The lowest BCUT2D eigenvalue weighted by Crippen LogP contribution is -2.12. The van der Waals surface area contributed by atoms with Gasteiger partial charge in [0.2, 0.25) is 0 Å². The monoisotopic (exact) mass is 271 g/mol. The largest absolute Gasteiger partial charge is 0.416 e. The lowest BCUT2D eigenvalue weighted by molar-refractivity contribution is -0.137. The highest BCUT2D eigenvalue weighted by molar-refractivity contribution is 5.52. The topological polar surface area (TPSA) is 64.1 Å². The van der Waals surface area contributed by atoms with E-state index in [2.05, 4.69) is 5.10 Å². The minimum atomic E-state index is -4.48. The fraction of sp³-hybridized carbons (Fsp3) is 0.250. The van der Waals surface area contributed by atoms with E-state index in [4.69, 9.17) is 5.73 Å². The van der Waals surface area contributed by atoms with Crippen molar-refractivity contribution in [3.8, 4) is 0 Å². The van der Waals surface area contributed by atoms with Crippen LogP contribution >= 0.6 is 0 Å². The molecule has 1 atom stereocenters. The second-order valence-electron chi connectivity index (χ2n) is 4.12. The van der Waals surface area contributed by atoms with Crippen molar-refractivity contribution in [1.29, 1.82) is 0 Å². The number of anilines is 1. The third-order valence-electron chi connectivity index (χ3n) is 2.85. The molecule has 4 nitrogen and oxygen atoms in total. The van der Waals surface area contributed by atoms with Crippen LogP contribution in [0.3, 0.4) is 0 Å². The summed E-state index contributed by atoms with van der Waals surface area (Å²) >= 11 is 0. The average Bonchev–Trinajstić information content (AvgIpc) is 2.73. The Morgan fingerprint density at radius 2 is 2.00 bits per heavy atom. The van der Waals surface area contributed by atoms with Crippen LogP contribution < -0.4 is 5.73 Å². The first kappa shape index (κ1) is 13.4. The molecule has 0 aliphatic carbocycles. The highest BCUT2D eigenvalue weighted by Gasteiger charge is 2.32. The average molecular weight is 271 g/mol. The number of hydrogen-bond donors (Lipinski definition) is 2. The van der Waals surface area contributed by atoms with E-state index in [9.17, 15) is 18.3 Å². The van der Waals surface area contributed by atoms with Crippen LogP contribution in [0.4, 0.5) is 18.9 Å². The summed E-state index contributed by atoms with van der Waals surface area (Å²) in [6.07, 6.45) is -4.29. The van der Waals surface area contributed by atoms with Crippen LogP contribution in [0.25, 0.3) is 0 Å². The number of aryl methyl sites for hydroxylation is 1. The van der Waals surface area contributed by atoms with Gasteiger partial charge in [0.1, 0.15) is 6.10 Å². The van der Waals surface area contributed by atoms with Gasteiger partial charge in [-0.1, -0.05) is 0 Å². The zero-order chi connectivity index (χ0) is 14.2. The number of nitrogen functional groups attached to an aromatic ring is 1. The highest BCUT2D eigenvalue weighted by Crippen LogP contribution is 2.34. The summed E-state index contributed by atoms with van der Waals surface area (Å²) < 4.78 is 39.3. The van der Waals surface area contributed by atoms with E-state index in [-0.39, 0.29) is 11.3 Å². The second-order valence-corrected chi connectivity index (χ2v) is 4.12. The number of aliphatic hydroxyl groups is 1. The molecule has 2 rings (SSSR count). The number of hydrogen-bond acceptors (Lipinski definition) is 3. The van der Waals surface area contributed by atoms with Gasteiger partial charge in [0.05, 0.1) is 11.3 Å². The van der Waals surface area contributed by atoms with E-state index < -0.39 is 17.8 Å². The van der Waals surface area contributed by atoms with Gasteiger partial charge < -0.3 is 10.8 Å². The summed E-state index contributed by atoms with van der Waals surface area (Å²) in [6.45, 7) is 0. The lowest BCUT2D eigenvalue weighted by Gasteiger charge is -2.16. The third-order valence-corrected chi connectivity index (χ3v) is 2.85. The van der Waals surface area contributed by atoms with Crippen molar-refractivity contribution >= 4 is 5.69 Å². The first-order valence-corrected chi connectivity index (χ1v) is 5.43. The van der Waals surface area contributed by atoms with Gasteiger partial charge in [-0.05, 0) is 24.3 Å². The van der Waals surface area contributed by atoms with E-state index in [1.807, 2.05) is 0 Å². The SMILES string of the molecule is Cn1nccc1C(O)c1cc(C(F)(F)F)ccc1N. The van der Waals surface area contributed by atoms with Crippen LogP contribution in [-0.4, -0.2) is 14.9 Å². The van der Waals surface area contributed by atoms with Gasteiger partial charge in [-0.2, -0.15) is 18.3 Å². The van der Waals surface area contributed by atoms with Gasteiger partial charge in [0.25, 0.3) is 0 Å². The first-order chi connectivity index (χ1) is 8.80. The Morgan fingerprint density at radius 3 is 2.53 bits per heavy atom. The smallest absolute Gasteiger partial charge is 0.398 e.